The number of anilines is 1. The summed E-state index contributed by atoms with van der Waals surface area (Å²) in [6.07, 6.45) is 0.816. The summed E-state index contributed by atoms with van der Waals surface area (Å²) in [6.45, 7) is 1.19. The van der Waals surface area contributed by atoms with E-state index < -0.39 is 11.5 Å². The summed E-state index contributed by atoms with van der Waals surface area (Å²) in [5.41, 5.74) is -1.16. The second-order valence-electron chi connectivity index (χ2n) is 3.15. The van der Waals surface area contributed by atoms with E-state index in [0.29, 0.717) is 13.1 Å². The van der Waals surface area contributed by atoms with Crippen LogP contribution in [0, 0.1) is 0 Å². The Hall–Kier alpha value is -1.56. The molecule has 0 saturated heterocycles. The molecule has 7 heteroatoms. The van der Waals surface area contributed by atoms with E-state index in [9.17, 15) is 9.59 Å². The molecular weight excluding hydrogens is 222 g/mol. The molecule has 0 atom stereocenters. The Morgan fingerprint density at radius 2 is 2.33 bits per heavy atom. The van der Waals surface area contributed by atoms with Crippen LogP contribution in [0.25, 0.3) is 0 Å². The monoisotopic (exact) mass is 229 g/mol. The Balaban J connectivity index is 2.74. The van der Waals surface area contributed by atoms with Crippen LogP contribution in [-0.4, -0.2) is 27.2 Å². The summed E-state index contributed by atoms with van der Waals surface area (Å²) in [4.78, 5) is 25.7. The predicted octanol–water partition coefficient (Wildman–Crippen LogP) is 0.410. The molecule has 0 fully saturated rings. The highest BCUT2D eigenvalue weighted by atomic mass is 35.5. The largest absolute Gasteiger partial charge is 0.477 e. The first-order valence-corrected chi connectivity index (χ1v) is 4.76. The van der Waals surface area contributed by atoms with Gasteiger partial charge in [0.1, 0.15) is 5.82 Å². The molecule has 2 N–H and O–H groups in total. The summed E-state index contributed by atoms with van der Waals surface area (Å²) in [6, 6.07) is 0. The van der Waals surface area contributed by atoms with Crippen molar-refractivity contribution in [2.45, 2.75) is 13.0 Å². The molecule has 80 valence electrons. The van der Waals surface area contributed by atoms with Gasteiger partial charge in [-0.25, -0.2) is 4.79 Å². The van der Waals surface area contributed by atoms with Gasteiger partial charge in [0.05, 0.1) is 0 Å². The molecule has 1 aromatic rings. The zero-order valence-electron chi connectivity index (χ0n) is 7.66. The van der Waals surface area contributed by atoms with Gasteiger partial charge in [0.2, 0.25) is 5.28 Å². The lowest BCUT2D eigenvalue weighted by molar-refractivity contribution is 0.0695. The van der Waals surface area contributed by atoms with Crippen LogP contribution in [0.4, 0.5) is 5.82 Å². The maximum absolute atomic E-state index is 11.3. The highest BCUT2D eigenvalue weighted by Gasteiger charge is 2.23. The highest BCUT2D eigenvalue weighted by Crippen LogP contribution is 2.20. The average Bonchev–Trinajstić information content (AvgIpc) is 2.17. The van der Waals surface area contributed by atoms with Crippen LogP contribution < -0.4 is 10.9 Å². The standard InChI is InChI=1S/C8H8ClN3O3/c9-8-11-6(13)4(7(14)15)5-10-2-1-3-12(5)8/h10H,1-3H2,(H,14,15). The highest BCUT2D eigenvalue weighted by molar-refractivity contribution is 6.28. The van der Waals surface area contributed by atoms with Crippen molar-refractivity contribution in [1.29, 1.82) is 0 Å². The number of carboxylic acid groups (broad SMARTS) is 1. The maximum Gasteiger partial charge on any atom is 0.345 e. The van der Waals surface area contributed by atoms with Crippen LogP contribution in [-0.2, 0) is 6.54 Å². The van der Waals surface area contributed by atoms with Gasteiger partial charge in [-0.15, -0.1) is 0 Å². The molecule has 6 nitrogen and oxygen atoms in total. The zero-order chi connectivity index (χ0) is 11.0. The molecule has 0 aromatic carbocycles. The van der Waals surface area contributed by atoms with Gasteiger partial charge in [-0.2, -0.15) is 4.98 Å². The van der Waals surface area contributed by atoms with Gasteiger partial charge >= 0.3 is 5.97 Å². The van der Waals surface area contributed by atoms with Crippen molar-refractivity contribution in [3.8, 4) is 0 Å². The number of hydrogen-bond acceptors (Lipinski definition) is 4. The van der Waals surface area contributed by atoms with E-state index in [2.05, 4.69) is 10.3 Å². The minimum atomic E-state index is -1.29. The van der Waals surface area contributed by atoms with Crippen LogP contribution in [0.5, 0.6) is 0 Å². The first kappa shape index (κ1) is 9.97. The van der Waals surface area contributed by atoms with Crippen molar-refractivity contribution in [3.05, 3.63) is 21.2 Å². The van der Waals surface area contributed by atoms with Crippen LogP contribution >= 0.6 is 11.6 Å². The lowest BCUT2D eigenvalue weighted by Crippen LogP contribution is -2.29. The number of nitrogens with one attached hydrogen (secondary N) is 1. The Morgan fingerprint density at radius 1 is 1.60 bits per heavy atom. The lowest BCUT2D eigenvalue weighted by Gasteiger charge is -2.22. The molecule has 0 spiro atoms. The van der Waals surface area contributed by atoms with Gasteiger partial charge < -0.3 is 15.0 Å². The summed E-state index contributed by atoms with van der Waals surface area (Å²) in [7, 11) is 0. The minimum Gasteiger partial charge on any atom is -0.477 e. The Kier molecular flexibility index (Phi) is 2.36. The molecule has 15 heavy (non-hydrogen) atoms. The summed E-state index contributed by atoms with van der Waals surface area (Å²) in [5.74, 6) is -1.04. The van der Waals surface area contributed by atoms with Gasteiger partial charge in [-0.3, -0.25) is 4.79 Å². The first-order chi connectivity index (χ1) is 7.11. The number of aromatic carboxylic acids is 1. The molecule has 2 heterocycles. The fraction of sp³-hybridized carbons (Fsp3) is 0.375. The van der Waals surface area contributed by atoms with Crippen molar-refractivity contribution >= 4 is 23.4 Å². The molecule has 0 aliphatic carbocycles. The smallest absolute Gasteiger partial charge is 0.345 e. The van der Waals surface area contributed by atoms with Crippen molar-refractivity contribution in [2.24, 2.45) is 0 Å². The lowest BCUT2D eigenvalue weighted by atomic mass is 10.2. The van der Waals surface area contributed by atoms with Crippen LogP contribution in [0.1, 0.15) is 16.8 Å². The van der Waals surface area contributed by atoms with Crippen LogP contribution in [0.3, 0.4) is 0 Å². The first-order valence-electron chi connectivity index (χ1n) is 4.39. The third kappa shape index (κ3) is 1.56. The summed E-state index contributed by atoms with van der Waals surface area (Å²) in [5, 5.41) is 11.7. The summed E-state index contributed by atoms with van der Waals surface area (Å²) < 4.78 is 1.50. The molecular formula is C8H8ClN3O3. The molecule has 0 amide bonds. The number of carbonyl (C=O) groups is 1. The van der Waals surface area contributed by atoms with Crippen molar-refractivity contribution in [3.63, 3.8) is 0 Å². The number of carboxylic acids is 1. The van der Waals surface area contributed by atoms with E-state index in [1.165, 1.54) is 4.57 Å². The van der Waals surface area contributed by atoms with Gasteiger partial charge in [-0.1, -0.05) is 0 Å². The Labute approximate surface area is 89.5 Å². The van der Waals surface area contributed by atoms with E-state index in [4.69, 9.17) is 16.7 Å². The fourth-order valence-electron chi connectivity index (χ4n) is 1.55. The SMILES string of the molecule is O=C(O)c1c2n(c(Cl)nc1=O)CCCN2. The number of aromatic nitrogens is 2. The van der Waals surface area contributed by atoms with Crippen molar-refractivity contribution < 1.29 is 9.90 Å². The van der Waals surface area contributed by atoms with E-state index >= 15 is 0 Å². The average molecular weight is 230 g/mol. The van der Waals surface area contributed by atoms with Gasteiger partial charge in [0.25, 0.3) is 5.56 Å². The summed E-state index contributed by atoms with van der Waals surface area (Å²) >= 11 is 5.74. The molecule has 0 unspecified atom stereocenters. The fourth-order valence-corrected chi connectivity index (χ4v) is 1.80. The maximum atomic E-state index is 11.3. The minimum absolute atomic E-state index is 0.0206. The van der Waals surface area contributed by atoms with Crippen molar-refractivity contribution in [2.75, 3.05) is 11.9 Å². The molecule has 0 saturated carbocycles. The van der Waals surface area contributed by atoms with Gasteiger partial charge in [-0.05, 0) is 18.0 Å². The number of hydrogen-bond donors (Lipinski definition) is 2. The van der Waals surface area contributed by atoms with Gasteiger partial charge in [0, 0.05) is 13.1 Å². The van der Waals surface area contributed by atoms with Crippen LogP contribution in [0.15, 0.2) is 4.79 Å². The third-order valence-corrected chi connectivity index (χ3v) is 2.49. The molecule has 1 aromatic heterocycles. The molecule has 0 radical (unpaired) electrons. The second-order valence-corrected chi connectivity index (χ2v) is 3.48. The van der Waals surface area contributed by atoms with E-state index in [1.807, 2.05) is 0 Å². The number of fused-ring (bicyclic) bond motifs is 1. The Bertz CT molecular complexity index is 483. The van der Waals surface area contributed by atoms with Gasteiger partial charge in [0.15, 0.2) is 5.56 Å². The number of halogens is 1. The Morgan fingerprint density at radius 3 is 3.00 bits per heavy atom. The third-order valence-electron chi connectivity index (χ3n) is 2.20. The number of rotatable bonds is 1. The van der Waals surface area contributed by atoms with E-state index in [1.54, 1.807) is 0 Å². The number of nitrogens with zero attached hydrogens (tertiary/aromatic N) is 2. The molecule has 2 rings (SSSR count). The quantitative estimate of drug-likeness (QED) is 0.682. The molecule has 1 aliphatic rings. The normalized spacial score (nSPS) is 14.2. The molecule has 0 bridgehead atoms. The van der Waals surface area contributed by atoms with E-state index in [-0.39, 0.29) is 16.7 Å². The second kappa shape index (κ2) is 3.54. The van der Waals surface area contributed by atoms with Crippen molar-refractivity contribution in [1.82, 2.24) is 9.55 Å². The molecule has 1 aliphatic heterocycles. The van der Waals surface area contributed by atoms with Crippen LogP contribution in [0.2, 0.25) is 5.28 Å². The zero-order valence-corrected chi connectivity index (χ0v) is 8.41. The topological polar surface area (TPSA) is 84.2 Å². The van der Waals surface area contributed by atoms with E-state index in [0.717, 1.165) is 6.42 Å². The predicted molar refractivity (Wildman–Crippen MR) is 53.6 cm³/mol.